The maximum Gasteiger partial charge on any atom is 0.229 e. The highest BCUT2D eigenvalue weighted by Gasteiger charge is 2.10. The molecule has 0 saturated carbocycles. The van der Waals surface area contributed by atoms with Gasteiger partial charge in [0.2, 0.25) is 10.0 Å². The van der Waals surface area contributed by atoms with Gasteiger partial charge in [0.05, 0.1) is 11.3 Å². The van der Waals surface area contributed by atoms with Crippen LogP contribution in [0, 0.1) is 0 Å². The molecule has 0 aliphatic carbocycles. The zero-order chi connectivity index (χ0) is 17.0. The van der Waals surface area contributed by atoms with E-state index in [0.29, 0.717) is 27.0 Å². The Kier molecular flexibility index (Phi) is 5.51. The summed E-state index contributed by atoms with van der Waals surface area (Å²) in [5.74, 6) is 0.0508. The molecule has 0 aliphatic heterocycles. The molecule has 0 unspecified atom stereocenters. The van der Waals surface area contributed by atoms with Crippen LogP contribution in [0.2, 0.25) is 10.0 Å². The van der Waals surface area contributed by atoms with Crippen molar-refractivity contribution in [2.75, 3.05) is 17.6 Å². The molecule has 23 heavy (non-hydrogen) atoms. The highest BCUT2D eigenvalue weighted by atomic mass is 35.5. The number of ketones is 1. The van der Waals surface area contributed by atoms with Gasteiger partial charge in [0.15, 0.2) is 12.4 Å². The number of halogens is 2. The smallest absolute Gasteiger partial charge is 0.229 e. The van der Waals surface area contributed by atoms with Crippen molar-refractivity contribution in [3.05, 3.63) is 58.1 Å². The summed E-state index contributed by atoms with van der Waals surface area (Å²) < 4.78 is 29.9. The largest absolute Gasteiger partial charge is 0.484 e. The van der Waals surface area contributed by atoms with E-state index in [1.807, 2.05) is 0 Å². The molecule has 0 aromatic heterocycles. The molecule has 0 atom stereocenters. The van der Waals surface area contributed by atoms with Crippen LogP contribution in [0.1, 0.15) is 10.4 Å². The lowest BCUT2D eigenvalue weighted by Gasteiger charge is -2.08. The topological polar surface area (TPSA) is 72.5 Å². The number of hydrogen-bond acceptors (Lipinski definition) is 4. The van der Waals surface area contributed by atoms with Gasteiger partial charge in [0.25, 0.3) is 0 Å². The number of ether oxygens (including phenoxy) is 1. The van der Waals surface area contributed by atoms with Gasteiger partial charge in [-0.3, -0.25) is 9.52 Å². The first-order chi connectivity index (χ1) is 10.7. The third kappa shape index (κ3) is 5.42. The van der Waals surface area contributed by atoms with Crippen molar-refractivity contribution in [2.45, 2.75) is 0 Å². The van der Waals surface area contributed by atoms with Crippen molar-refractivity contribution >= 4 is 44.7 Å². The molecule has 2 rings (SSSR count). The predicted molar refractivity (Wildman–Crippen MR) is 91.2 cm³/mol. The van der Waals surface area contributed by atoms with Crippen LogP contribution in [-0.2, 0) is 10.0 Å². The molecule has 0 bridgehead atoms. The molecule has 0 heterocycles. The van der Waals surface area contributed by atoms with Crippen molar-refractivity contribution in [1.82, 2.24) is 0 Å². The third-order valence-corrected chi connectivity index (χ3v) is 3.92. The van der Waals surface area contributed by atoms with Gasteiger partial charge < -0.3 is 4.74 Å². The summed E-state index contributed by atoms with van der Waals surface area (Å²) in [5.41, 5.74) is 0.769. The monoisotopic (exact) mass is 373 g/mol. The summed E-state index contributed by atoms with van der Waals surface area (Å²) >= 11 is 11.8. The molecule has 0 radical (unpaired) electrons. The molecule has 2 aromatic rings. The van der Waals surface area contributed by atoms with Gasteiger partial charge >= 0.3 is 0 Å². The van der Waals surface area contributed by atoms with Crippen molar-refractivity contribution < 1.29 is 17.9 Å². The number of nitrogens with one attached hydrogen (secondary N) is 1. The first-order valence-corrected chi connectivity index (χ1v) is 9.08. The van der Waals surface area contributed by atoms with Crippen LogP contribution in [0.15, 0.2) is 42.5 Å². The zero-order valence-corrected chi connectivity index (χ0v) is 14.4. The second-order valence-electron chi connectivity index (χ2n) is 4.74. The fourth-order valence-electron chi connectivity index (χ4n) is 1.75. The maximum absolute atomic E-state index is 12.1. The number of hydrogen-bond donors (Lipinski definition) is 1. The maximum atomic E-state index is 12.1. The van der Waals surface area contributed by atoms with Gasteiger partial charge in [-0.25, -0.2) is 8.42 Å². The highest BCUT2D eigenvalue weighted by molar-refractivity contribution is 7.92. The molecule has 122 valence electrons. The number of Topliss-reactive ketones (excluding diaryl/α,β-unsaturated/α-hetero) is 1. The van der Waals surface area contributed by atoms with E-state index in [1.54, 1.807) is 12.1 Å². The number of anilines is 1. The molecule has 2 aromatic carbocycles. The molecule has 0 saturated heterocycles. The van der Waals surface area contributed by atoms with Crippen LogP contribution < -0.4 is 9.46 Å². The number of benzene rings is 2. The summed E-state index contributed by atoms with van der Waals surface area (Å²) in [6, 6.07) is 10.7. The van der Waals surface area contributed by atoms with Crippen LogP contribution in [0.4, 0.5) is 5.69 Å². The molecule has 8 heteroatoms. The standard InChI is InChI=1S/C15H13Cl2NO4S/c1-23(20,21)18-12-5-2-10(3-6-12)14(19)9-22-15-8-11(16)4-7-13(15)17/h2-8,18H,9H2,1H3. The zero-order valence-electron chi connectivity index (χ0n) is 12.0. The molecule has 5 nitrogen and oxygen atoms in total. The Labute approximate surface area is 144 Å². The lowest BCUT2D eigenvalue weighted by atomic mass is 10.1. The van der Waals surface area contributed by atoms with Crippen LogP contribution >= 0.6 is 23.2 Å². The van der Waals surface area contributed by atoms with Gasteiger partial charge in [-0.1, -0.05) is 23.2 Å². The second kappa shape index (κ2) is 7.21. The average Bonchev–Trinajstić information content (AvgIpc) is 2.47. The first kappa shape index (κ1) is 17.6. The van der Waals surface area contributed by atoms with E-state index in [-0.39, 0.29) is 12.4 Å². The van der Waals surface area contributed by atoms with Crippen LogP contribution in [0.25, 0.3) is 0 Å². The minimum atomic E-state index is -3.35. The summed E-state index contributed by atoms with van der Waals surface area (Å²) in [4.78, 5) is 12.1. The van der Waals surface area contributed by atoms with E-state index >= 15 is 0 Å². The van der Waals surface area contributed by atoms with Gasteiger partial charge in [0.1, 0.15) is 5.75 Å². The Balaban J connectivity index is 2.02. The molecule has 0 spiro atoms. The summed E-state index contributed by atoms with van der Waals surface area (Å²) in [5, 5.41) is 0.808. The van der Waals surface area contributed by atoms with Crippen molar-refractivity contribution in [1.29, 1.82) is 0 Å². The van der Waals surface area contributed by atoms with E-state index in [9.17, 15) is 13.2 Å². The molecule has 1 N–H and O–H groups in total. The minimum absolute atomic E-state index is 0.209. The van der Waals surface area contributed by atoms with Gasteiger partial charge in [-0.15, -0.1) is 0 Å². The minimum Gasteiger partial charge on any atom is -0.484 e. The second-order valence-corrected chi connectivity index (χ2v) is 7.33. The molecule has 0 aliphatic rings. The van der Waals surface area contributed by atoms with Crippen molar-refractivity contribution in [3.63, 3.8) is 0 Å². The number of carbonyl (C=O) groups excluding carboxylic acids is 1. The van der Waals surface area contributed by atoms with E-state index < -0.39 is 10.0 Å². The van der Waals surface area contributed by atoms with Crippen LogP contribution in [0.3, 0.4) is 0 Å². The fourth-order valence-corrected chi connectivity index (χ4v) is 2.65. The Hall–Kier alpha value is -1.76. The van der Waals surface area contributed by atoms with Crippen LogP contribution in [-0.4, -0.2) is 27.1 Å². The normalized spacial score (nSPS) is 11.1. The summed E-state index contributed by atoms with van der Waals surface area (Å²) in [6.07, 6.45) is 1.05. The van der Waals surface area contributed by atoms with Crippen molar-refractivity contribution in [3.8, 4) is 5.75 Å². The number of carbonyl (C=O) groups is 1. The fraction of sp³-hybridized carbons (Fsp3) is 0.133. The molecular weight excluding hydrogens is 361 g/mol. The Morgan fingerprint density at radius 3 is 2.39 bits per heavy atom. The Bertz CT molecular complexity index is 820. The highest BCUT2D eigenvalue weighted by Crippen LogP contribution is 2.27. The summed E-state index contributed by atoms with van der Waals surface area (Å²) in [7, 11) is -3.35. The van der Waals surface area contributed by atoms with Crippen molar-refractivity contribution in [2.24, 2.45) is 0 Å². The van der Waals surface area contributed by atoms with E-state index in [1.165, 1.54) is 30.3 Å². The van der Waals surface area contributed by atoms with E-state index in [4.69, 9.17) is 27.9 Å². The molecular formula is C15H13Cl2NO4S. The van der Waals surface area contributed by atoms with Gasteiger partial charge in [-0.05, 0) is 36.4 Å². The summed E-state index contributed by atoms with van der Waals surface area (Å²) in [6.45, 7) is -0.209. The van der Waals surface area contributed by atoms with E-state index in [2.05, 4.69) is 4.72 Å². The Morgan fingerprint density at radius 1 is 1.13 bits per heavy atom. The molecule has 0 amide bonds. The van der Waals surface area contributed by atoms with E-state index in [0.717, 1.165) is 6.26 Å². The average molecular weight is 374 g/mol. The predicted octanol–water partition coefficient (Wildman–Crippen LogP) is 3.63. The quantitative estimate of drug-likeness (QED) is 0.784. The Morgan fingerprint density at radius 2 is 1.78 bits per heavy atom. The SMILES string of the molecule is CS(=O)(=O)Nc1ccc(C(=O)COc2cc(Cl)ccc2Cl)cc1. The number of sulfonamides is 1. The van der Waals surface area contributed by atoms with Gasteiger partial charge in [0, 0.05) is 22.3 Å². The number of rotatable bonds is 6. The molecule has 0 fully saturated rings. The van der Waals surface area contributed by atoms with Crippen LogP contribution in [0.5, 0.6) is 5.75 Å². The lowest BCUT2D eigenvalue weighted by molar-refractivity contribution is 0.0921. The third-order valence-electron chi connectivity index (χ3n) is 2.76. The first-order valence-electron chi connectivity index (χ1n) is 6.43. The van der Waals surface area contributed by atoms with Gasteiger partial charge in [-0.2, -0.15) is 0 Å². The lowest BCUT2D eigenvalue weighted by Crippen LogP contribution is -2.12.